The molecule has 6 heteroatoms. The predicted molar refractivity (Wildman–Crippen MR) is 190 cm³/mol. The number of aromatic nitrogens is 4. The molecule has 0 amide bonds. The topological polar surface area (TPSA) is 74.4 Å². The quantitative estimate of drug-likeness (QED) is 0.178. The molecule has 44 heavy (non-hydrogen) atoms. The number of benzene rings is 2. The molecule has 8 bridgehead atoms. The number of nitrogens with zero attached hydrogens (tertiary/aromatic N) is 2. The summed E-state index contributed by atoms with van der Waals surface area (Å²) in [7, 11) is 0. The van der Waals surface area contributed by atoms with Crippen molar-refractivity contribution in [2.75, 3.05) is 0 Å². The monoisotopic (exact) mass is 688 g/mol. The van der Waals surface area contributed by atoms with E-state index in [9.17, 15) is 4.79 Å². The maximum absolute atomic E-state index is 13.8. The van der Waals surface area contributed by atoms with Crippen LogP contribution in [-0.2, 0) is 5.41 Å². The molecule has 3 aromatic heterocycles. The molecule has 0 saturated heterocycles. The summed E-state index contributed by atoms with van der Waals surface area (Å²) in [4.78, 5) is 31.3. The Kier molecular flexibility index (Phi) is 6.73. The number of H-pyrrole nitrogens is 2. The number of rotatable bonds is 2. The highest BCUT2D eigenvalue weighted by atomic mass is 127. The highest BCUT2D eigenvalue weighted by Gasteiger charge is 2.39. The van der Waals surface area contributed by atoms with E-state index >= 15 is 0 Å². The van der Waals surface area contributed by atoms with Gasteiger partial charge in [-0.05, 0) is 129 Å². The van der Waals surface area contributed by atoms with Crippen LogP contribution in [0, 0.1) is 31.3 Å². The van der Waals surface area contributed by atoms with Crippen LogP contribution >= 0.6 is 22.6 Å². The Morgan fingerprint density at radius 1 is 0.659 bits per heavy atom. The first-order valence-electron chi connectivity index (χ1n) is 14.8. The van der Waals surface area contributed by atoms with Crippen LogP contribution in [0.4, 0.5) is 0 Å². The fraction of sp³-hybridized carbons (Fsp3) is 0.184. The molecular weight excluding hydrogens is 655 g/mol. The summed E-state index contributed by atoms with van der Waals surface area (Å²) in [6.45, 7) is 12.5. The van der Waals surface area contributed by atoms with E-state index in [0.717, 1.165) is 65.0 Å². The first-order valence-corrected chi connectivity index (χ1v) is 15.9. The Morgan fingerprint density at radius 3 is 1.98 bits per heavy atom. The number of hydrogen-bond acceptors (Lipinski definition) is 3. The van der Waals surface area contributed by atoms with Crippen LogP contribution in [0.5, 0.6) is 0 Å². The Balaban J connectivity index is 1.69. The second-order valence-corrected chi connectivity index (χ2v) is 13.6. The van der Waals surface area contributed by atoms with Gasteiger partial charge in [-0.25, -0.2) is 9.97 Å². The van der Waals surface area contributed by atoms with Crippen LogP contribution in [-0.4, -0.2) is 25.7 Å². The van der Waals surface area contributed by atoms with Gasteiger partial charge in [0.2, 0.25) is 0 Å². The van der Waals surface area contributed by atoms with E-state index < -0.39 is 5.41 Å². The van der Waals surface area contributed by atoms with Gasteiger partial charge in [0.1, 0.15) is 5.69 Å². The summed E-state index contributed by atoms with van der Waals surface area (Å²) in [5, 5.41) is 0. The molecular formula is C38H33IN4O. The standard InChI is InChI=1S/C38H33IN4O/c1-20-7-9-24(10-8-20)33-26-12-11-25(40-26)19-31-38(5,6)37(44)36(43-31)35(39)30-16-15-29(42-30)34(28-14-13-27(33)41-28)32-22(3)17-21(2)18-23(32)4/h7-19,40,42H,1-6H3. The van der Waals surface area contributed by atoms with Gasteiger partial charge in [-0.15, -0.1) is 0 Å². The van der Waals surface area contributed by atoms with E-state index in [4.69, 9.17) is 9.97 Å². The van der Waals surface area contributed by atoms with Gasteiger partial charge in [-0.2, -0.15) is 0 Å². The van der Waals surface area contributed by atoms with Gasteiger partial charge >= 0.3 is 0 Å². The minimum atomic E-state index is -0.751. The van der Waals surface area contributed by atoms with Crippen LogP contribution in [0.1, 0.15) is 63.7 Å². The fourth-order valence-electron chi connectivity index (χ4n) is 6.45. The van der Waals surface area contributed by atoms with E-state index in [2.05, 4.69) is 127 Å². The molecule has 2 N–H and O–H groups in total. The average Bonchev–Trinajstić information content (AvgIpc) is 3.77. The number of carbonyl (C=O) groups excluding carboxylic acids is 1. The van der Waals surface area contributed by atoms with E-state index in [-0.39, 0.29) is 5.78 Å². The molecule has 5 aromatic rings. The zero-order valence-electron chi connectivity index (χ0n) is 25.7. The van der Waals surface area contributed by atoms with Gasteiger partial charge in [0.15, 0.2) is 5.78 Å². The van der Waals surface area contributed by atoms with Crippen molar-refractivity contribution in [3.05, 3.63) is 115 Å². The van der Waals surface area contributed by atoms with Crippen molar-refractivity contribution in [2.45, 2.75) is 47.0 Å². The summed E-state index contributed by atoms with van der Waals surface area (Å²) >= 11 is 2.26. The number of ketones is 1. The molecule has 0 radical (unpaired) electrons. The average molecular weight is 689 g/mol. The van der Waals surface area contributed by atoms with Crippen molar-refractivity contribution in [1.82, 2.24) is 19.9 Å². The molecule has 0 unspecified atom stereocenters. The van der Waals surface area contributed by atoms with E-state index in [1.165, 1.54) is 22.3 Å². The van der Waals surface area contributed by atoms with Crippen molar-refractivity contribution >= 4 is 62.6 Å². The molecule has 0 fully saturated rings. The number of halogens is 1. The van der Waals surface area contributed by atoms with Gasteiger partial charge in [0.05, 0.1) is 31.6 Å². The lowest BCUT2D eigenvalue weighted by Gasteiger charge is -2.14. The smallest absolute Gasteiger partial charge is 0.193 e. The lowest BCUT2D eigenvalue weighted by molar-refractivity contribution is 0.0918. The third-order valence-electron chi connectivity index (χ3n) is 8.74. The van der Waals surface area contributed by atoms with E-state index in [1.54, 1.807) is 0 Å². The number of hydrogen-bond donors (Lipinski definition) is 2. The van der Waals surface area contributed by atoms with Crippen LogP contribution in [0.15, 0.2) is 66.7 Å². The Morgan fingerprint density at radius 2 is 1.27 bits per heavy atom. The van der Waals surface area contributed by atoms with E-state index in [0.29, 0.717) is 5.69 Å². The Hall–Kier alpha value is -4.30. The van der Waals surface area contributed by atoms with Crippen molar-refractivity contribution in [2.24, 2.45) is 0 Å². The second-order valence-electron chi connectivity index (χ2n) is 12.5. The molecule has 2 aliphatic heterocycles. The molecule has 2 aliphatic rings. The van der Waals surface area contributed by atoms with Gasteiger partial charge in [0.25, 0.3) is 0 Å². The minimum absolute atomic E-state index is 0.0173. The Labute approximate surface area is 270 Å². The Bertz CT molecular complexity index is 2190. The normalized spacial score (nSPS) is 13.9. The molecule has 0 spiro atoms. The predicted octanol–water partition coefficient (Wildman–Crippen LogP) is 9.82. The number of carbonyl (C=O) groups is 1. The third-order valence-corrected chi connectivity index (χ3v) is 9.84. The van der Waals surface area contributed by atoms with Gasteiger partial charge in [-0.3, -0.25) is 4.79 Å². The first-order chi connectivity index (χ1) is 21.0. The molecule has 7 rings (SSSR count). The molecule has 5 heterocycles. The molecule has 5 nitrogen and oxygen atoms in total. The van der Waals surface area contributed by atoms with Crippen molar-refractivity contribution in [3.8, 4) is 22.3 Å². The molecule has 0 saturated carbocycles. The zero-order chi connectivity index (χ0) is 30.9. The molecule has 0 atom stereocenters. The summed E-state index contributed by atoms with van der Waals surface area (Å²) < 4.78 is 0.803. The van der Waals surface area contributed by atoms with Crippen LogP contribution in [0.3, 0.4) is 0 Å². The summed E-state index contributed by atoms with van der Waals surface area (Å²) in [5.74, 6) is 0.0173. The first kappa shape index (κ1) is 28.5. The van der Waals surface area contributed by atoms with Gasteiger partial charge in [-0.1, -0.05) is 47.5 Å². The van der Waals surface area contributed by atoms with Crippen molar-refractivity contribution < 1.29 is 4.79 Å². The second kappa shape index (κ2) is 10.4. The van der Waals surface area contributed by atoms with Crippen LogP contribution in [0.2, 0.25) is 0 Å². The summed E-state index contributed by atoms with van der Waals surface area (Å²) in [6, 6.07) is 23.3. The number of nitrogens with one attached hydrogen (secondary N) is 2. The molecule has 2 aromatic carbocycles. The van der Waals surface area contributed by atoms with Gasteiger partial charge in [0, 0.05) is 27.7 Å². The number of fused-ring (bicyclic) bond motifs is 8. The van der Waals surface area contributed by atoms with Gasteiger partial charge < -0.3 is 9.97 Å². The molecule has 218 valence electrons. The lowest BCUT2D eigenvalue weighted by atomic mass is 9.85. The molecule has 0 aliphatic carbocycles. The maximum Gasteiger partial charge on any atom is 0.193 e. The van der Waals surface area contributed by atoms with Crippen molar-refractivity contribution in [1.29, 1.82) is 0 Å². The maximum atomic E-state index is 13.8. The summed E-state index contributed by atoms with van der Waals surface area (Å²) in [5.41, 5.74) is 15.0. The summed E-state index contributed by atoms with van der Waals surface area (Å²) in [6.07, 6.45) is 4.24. The largest absolute Gasteiger partial charge is 0.355 e. The van der Waals surface area contributed by atoms with Crippen molar-refractivity contribution in [3.63, 3.8) is 0 Å². The lowest BCUT2D eigenvalue weighted by Crippen LogP contribution is -2.24. The minimum Gasteiger partial charge on any atom is -0.355 e. The number of aromatic amines is 2. The van der Waals surface area contributed by atoms with Crippen LogP contribution in [0.25, 0.3) is 56.5 Å². The highest BCUT2D eigenvalue weighted by Crippen LogP contribution is 2.38. The number of Topliss-reactive ketones (excluding diaryl/α,β-unsaturated/α-hetero) is 1. The van der Waals surface area contributed by atoms with Crippen LogP contribution < -0.4 is 0 Å². The number of aryl methyl sites for hydroxylation is 4. The third kappa shape index (κ3) is 4.63. The highest BCUT2D eigenvalue weighted by molar-refractivity contribution is 14.1. The van der Waals surface area contributed by atoms with E-state index in [1.807, 2.05) is 26.0 Å². The SMILES string of the molecule is Cc1ccc(-c2c3nc(c(-c4c(C)cc(C)cc4C)c4ccc([nH]4)c(I)c4nc(cc5ccc2[nH]5)C(C)(C)C4=O)C=C3)cc1. The fourth-order valence-corrected chi connectivity index (χ4v) is 7.13. The zero-order valence-corrected chi connectivity index (χ0v) is 27.8.